The van der Waals surface area contributed by atoms with E-state index < -0.39 is 0 Å². The summed E-state index contributed by atoms with van der Waals surface area (Å²) >= 11 is 1.46. The molecule has 0 fully saturated rings. The number of aromatic nitrogens is 3. The van der Waals surface area contributed by atoms with Crippen LogP contribution in [-0.2, 0) is 6.61 Å². The van der Waals surface area contributed by atoms with Crippen molar-refractivity contribution in [3.05, 3.63) is 65.2 Å². The van der Waals surface area contributed by atoms with E-state index >= 15 is 0 Å². The number of thioether (sulfide) groups is 1. The number of nitrogen functional groups attached to an aromatic ring is 1. The van der Waals surface area contributed by atoms with Crippen LogP contribution in [0.3, 0.4) is 0 Å². The van der Waals surface area contributed by atoms with Gasteiger partial charge in [-0.05, 0) is 55.3 Å². The van der Waals surface area contributed by atoms with Gasteiger partial charge in [0.1, 0.15) is 23.9 Å². The van der Waals surface area contributed by atoms with Gasteiger partial charge in [-0.25, -0.2) is 9.07 Å². The largest absolute Gasteiger partial charge is 0.492 e. The first-order valence-corrected chi connectivity index (χ1v) is 9.42. The number of hydrogen-bond acceptors (Lipinski definition) is 6. The molecule has 0 saturated heterocycles. The molecule has 0 aliphatic heterocycles. The average Bonchev–Trinajstić information content (AvgIpc) is 3.01. The van der Waals surface area contributed by atoms with Gasteiger partial charge in [-0.15, -0.1) is 10.2 Å². The number of nitrogens with zero attached hydrogens (tertiary/aromatic N) is 3. The Balaban J connectivity index is 1.48. The number of nitrogens with two attached hydrogens (primary N) is 1. The number of hydrogen-bond donors (Lipinski definition) is 1. The molecule has 0 amide bonds. The molecule has 1 heterocycles. The summed E-state index contributed by atoms with van der Waals surface area (Å²) in [6.07, 6.45) is 0. The van der Waals surface area contributed by atoms with Gasteiger partial charge in [-0.2, -0.15) is 0 Å². The smallest absolute Gasteiger partial charge is 0.210 e. The molecule has 3 rings (SSSR count). The molecule has 0 radical (unpaired) electrons. The van der Waals surface area contributed by atoms with Crippen molar-refractivity contribution in [2.45, 2.75) is 25.6 Å². The highest BCUT2D eigenvalue weighted by Gasteiger charge is 2.11. The highest BCUT2D eigenvalue weighted by atomic mass is 32.2. The lowest BCUT2D eigenvalue weighted by Crippen LogP contribution is -2.16. The van der Waals surface area contributed by atoms with Gasteiger partial charge in [-0.3, -0.25) is 0 Å². The monoisotopic (exact) mass is 388 g/mol. The van der Waals surface area contributed by atoms with E-state index in [1.165, 1.54) is 28.6 Å². The Morgan fingerprint density at radius 3 is 2.63 bits per heavy atom. The number of rotatable bonds is 8. The zero-order chi connectivity index (χ0) is 19.2. The summed E-state index contributed by atoms with van der Waals surface area (Å²) in [6, 6.07) is 11.9. The molecule has 0 bridgehead atoms. The highest BCUT2D eigenvalue weighted by molar-refractivity contribution is 7.99. The maximum Gasteiger partial charge on any atom is 0.210 e. The summed E-state index contributed by atoms with van der Waals surface area (Å²) in [4.78, 5) is 0. The standard InChI is InChI=1S/C19H21FN4O2S/c1-13-3-4-14(2)17(11-13)25-9-10-27-19-23-22-18(24(19)21)12-26-16-7-5-15(20)6-8-16/h3-8,11H,9-10,12,21H2,1-2H3. The summed E-state index contributed by atoms with van der Waals surface area (Å²) in [7, 11) is 0. The molecule has 2 aromatic carbocycles. The summed E-state index contributed by atoms with van der Waals surface area (Å²) < 4.78 is 25.7. The Hall–Kier alpha value is -2.74. The van der Waals surface area contributed by atoms with E-state index in [0.29, 0.717) is 29.1 Å². The molecule has 1 aromatic heterocycles. The molecule has 0 aliphatic carbocycles. The molecular weight excluding hydrogens is 367 g/mol. The van der Waals surface area contributed by atoms with Crippen LogP contribution in [0.25, 0.3) is 0 Å². The molecule has 8 heteroatoms. The van der Waals surface area contributed by atoms with E-state index in [4.69, 9.17) is 15.3 Å². The van der Waals surface area contributed by atoms with Gasteiger partial charge in [0.05, 0.1) is 6.61 Å². The molecular formula is C19H21FN4O2S. The van der Waals surface area contributed by atoms with Crippen LogP contribution < -0.4 is 15.3 Å². The van der Waals surface area contributed by atoms with Crippen molar-refractivity contribution in [1.29, 1.82) is 0 Å². The third kappa shape index (κ3) is 5.13. The van der Waals surface area contributed by atoms with Crippen molar-refractivity contribution in [3.63, 3.8) is 0 Å². The molecule has 0 unspecified atom stereocenters. The van der Waals surface area contributed by atoms with E-state index in [-0.39, 0.29) is 12.4 Å². The summed E-state index contributed by atoms with van der Waals surface area (Å²) in [5, 5.41) is 8.69. The van der Waals surface area contributed by atoms with Crippen LogP contribution in [0, 0.1) is 19.7 Å². The Morgan fingerprint density at radius 2 is 1.85 bits per heavy atom. The zero-order valence-electron chi connectivity index (χ0n) is 15.2. The van der Waals surface area contributed by atoms with Gasteiger partial charge in [0.25, 0.3) is 0 Å². The van der Waals surface area contributed by atoms with Gasteiger partial charge in [0.2, 0.25) is 5.16 Å². The summed E-state index contributed by atoms with van der Waals surface area (Å²) in [5.41, 5.74) is 2.27. The van der Waals surface area contributed by atoms with Crippen LogP contribution in [0.5, 0.6) is 11.5 Å². The lowest BCUT2D eigenvalue weighted by molar-refractivity contribution is 0.291. The van der Waals surface area contributed by atoms with E-state index in [1.807, 2.05) is 26.0 Å². The fourth-order valence-electron chi connectivity index (χ4n) is 2.33. The fourth-order valence-corrected chi connectivity index (χ4v) is 3.02. The molecule has 0 atom stereocenters. The van der Waals surface area contributed by atoms with Gasteiger partial charge in [0.15, 0.2) is 5.82 Å². The molecule has 6 nitrogen and oxygen atoms in total. The van der Waals surface area contributed by atoms with Crippen molar-refractivity contribution in [1.82, 2.24) is 14.9 Å². The number of benzene rings is 2. The molecule has 3 aromatic rings. The van der Waals surface area contributed by atoms with Crippen LogP contribution in [-0.4, -0.2) is 27.2 Å². The predicted octanol–water partition coefficient (Wildman–Crippen LogP) is 3.50. The Bertz CT molecular complexity index is 899. The first-order chi connectivity index (χ1) is 13.0. The number of aryl methyl sites for hydroxylation is 2. The van der Waals surface area contributed by atoms with E-state index in [2.05, 4.69) is 16.3 Å². The van der Waals surface area contributed by atoms with Crippen molar-refractivity contribution < 1.29 is 13.9 Å². The topological polar surface area (TPSA) is 75.2 Å². The normalized spacial score (nSPS) is 10.8. The zero-order valence-corrected chi connectivity index (χ0v) is 16.0. The molecule has 27 heavy (non-hydrogen) atoms. The number of halogens is 1. The second-order valence-electron chi connectivity index (χ2n) is 5.98. The van der Waals surface area contributed by atoms with Crippen LogP contribution in [0.2, 0.25) is 0 Å². The minimum absolute atomic E-state index is 0.147. The third-order valence-electron chi connectivity index (χ3n) is 3.83. The second-order valence-corrected chi connectivity index (χ2v) is 7.04. The Kier molecular flexibility index (Phi) is 6.18. The molecule has 0 saturated carbocycles. The Labute approximate surface area is 161 Å². The minimum atomic E-state index is -0.314. The maximum atomic E-state index is 12.9. The maximum absolute atomic E-state index is 12.9. The predicted molar refractivity (Wildman–Crippen MR) is 103 cm³/mol. The summed E-state index contributed by atoms with van der Waals surface area (Å²) in [6.45, 7) is 4.73. The minimum Gasteiger partial charge on any atom is -0.492 e. The van der Waals surface area contributed by atoms with Crippen LogP contribution >= 0.6 is 11.8 Å². The van der Waals surface area contributed by atoms with Crippen LogP contribution in [0.15, 0.2) is 47.6 Å². The SMILES string of the molecule is Cc1ccc(C)c(OCCSc2nnc(COc3ccc(F)cc3)n2N)c1. The first-order valence-electron chi connectivity index (χ1n) is 8.43. The third-order valence-corrected chi connectivity index (χ3v) is 4.74. The van der Waals surface area contributed by atoms with E-state index in [1.54, 1.807) is 12.1 Å². The van der Waals surface area contributed by atoms with Crippen molar-refractivity contribution in [2.24, 2.45) is 0 Å². The van der Waals surface area contributed by atoms with Crippen molar-refractivity contribution >= 4 is 11.8 Å². The summed E-state index contributed by atoms with van der Waals surface area (Å²) in [5.74, 6) is 8.30. The highest BCUT2D eigenvalue weighted by Crippen LogP contribution is 2.21. The molecule has 0 spiro atoms. The fraction of sp³-hybridized carbons (Fsp3) is 0.263. The number of ether oxygens (including phenoxy) is 2. The Morgan fingerprint density at radius 1 is 1.07 bits per heavy atom. The molecule has 0 aliphatic rings. The van der Waals surface area contributed by atoms with Crippen molar-refractivity contribution in [2.75, 3.05) is 18.2 Å². The van der Waals surface area contributed by atoms with E-state index in [9.17, 15) is 4.39 Å². The van der Waals surface area contributed by atoms with E-state index in [0.717, 1.165) is 16.9 Å². The van der Waals surface area contributed by atoms with Gasteiger partial charge in [-0.1, -0.05) is 23.9 Å². The van der Waals surface area contributed by atoms with Gasteiger partial charge < -0.3 is 15.3 Å². The van der Waals surface area contributed by atoms with Gasteiger partial charge in [0, 0.05) is 5.75 Å². The van der Waals surface area contributed by atoms with Crippen LogP contribution in [0.4, 0.5) is 4.39 Å². The van der Waals surface area contributed by atoms with Crippen LogP contribution in [0.1, 0.15) is 17.0 Å². The lowest BCUT2D eigenvalue weighted by atomic mass is 10.1. The quantitative estimate of drug-likeness (QED) is 0.362. The van der Waals surface area contributed by atoms with Crippen molar-refractivity contribution in [3.8, 4) is 11.5 Å². The molecule has 2 N–H and O–H groups in total. The van der Waals surface area contributed by atoms with Gasteiger partial charge >= 0.3 is 0 Å². The average molecular weight is 388 g/mol. The first kappa shape index (κ1) is 19.0. The molecule has 142 valence electrons. The second kappa shape index (κ2) is 8.77. The lowest BCUT2D eigenvalue weighted by Gasteiger charge is -2.09.